The second kappa shape index (κ2) is 35.4. The highest BCUT2D eigenvalue weighted by molar-refractivity contribution is 5.97. The van der Waals surface area contributed by atoms with Crippen molar-refractivity contribution in [2.24, 2.45) is 44.4 Å². The predicted octanol–water partition coefficient (Wildman–Crippen LogP) is -3.20. The molecule has 77 heavy (non-hydrogen) atoms. The largest absolute Gasteiger partial charge is 0.370 e. The number of para-hydroxylation sites is 1. The summed E-state index contributed by atoms with van der Waals surface area (Å²) >= 11 is 0. The van der Waals surface area contributed by atoms with Crippen LogP contribution in [0.5, 0.6) is 0 Å². The Morgan fingerprint density at radius 2 is 1.36 bits per heavy atom. The summed E-state index contributed by atoms with van der Waals surface area (Å²) in [6.45, 7) is 4.99. The van der Waals surface area contributed by atoms with Crippen LogP contribution in [0.4, 0.5) is 0 Å². The first-order chi connectivity index (χ1) is 36.6. The van der Waals surface area contributed by atoms with Crippen LogP contribution < -0.4 is 76.9 Å². The average Bonchev–Trinajstić information content (AvgIpc) is 3.81. The van der Waals surface area contributed by atoms with Crippen molar-refractivity contribution in [3.05, 3.63) is 71.9 Å². The van der Waals surface area contributed by atoms with Crippen LogP contribution in [-0.2, 0) is 60.8 Å². The number of aromatic amines is 1. The van der Waals surface area contributed by atoms with Gasteiger partial charge in [0.05, 0.1) is 13.1 Å². The summed E-state index contributed by atoms with van der Waals surface area (Å²) in [5.74, 6) is -7.82. The molecule has 422 valence electrons. The van der Waals surface area contributed by atoms with Crippen molar-refractivity contribution in [1.82, 2.24) is 47.5 Å². The van der Waals surface area contributed by atoms with Gasteiger partial charge >= 0.3 is 0 Å². The summed E-state index contributed by atoms with van der Waals surface area (Å²) in [5, 5.41) is 21.2. The number of nitrogens with one attached hydrogen (secondary N) is 9. The summed E-state index contributed by atoms with van der Waals surface area (Å²) in [6, 6.07) is 10.3. The van der Waals surface area contributed by atoms with Gasteiger partial charge < -0.3 is 81.9 Å². The summed E-state index contributed by atoms with van der Waals surface area (Å²) in [5.41, 5.74) is 34.8. The van der Waals surface area contributed by atoms with E-state index in [9.17, 15) is 47.9 Å². The summed E-state index contributed by atoms with van der Waals surface area (Å²) in [4.78, 5) is 139. The Hall–Kier alpha value is -8.78. The van der Waals surface area contributed by atoms with Crippen LogP contribution in [0.2, 0.25) is 0 Å². The van der Waals surface area contributed by atoms with E-state index in [0.717, 1.165) is 19.4 Å². The second-order valence-electron chi connectivity index (χ2n) is 17.6. The fourth-order valence-corrected chi connectivity index (χ4v) is 7.34. The van der Waals surface area contributed by atoms with Gasteiger partial charge in [-0.25, -0.2) is 0 Å². The third-order valence-corrected chi connectivity index (χ3v) is 11.3. The predicted molar refractivity (Wildman–Crippen MR) is 289 cm³/mol. The Kier molecular flexibility index (Phi) is 29.6. The smallest absolute Gasteiger partial charge is 0.243 e. The van der Waals surface area contributed by atoms with Gasteiger partial charge in [0.15, 0.2) is 11.9 Å². The Balaban J connectivity index is 0.000000936. The number of nitrogens with zero attached hydrogens (tertiary/aromatic N) is 2. The van der Waals surface area contributed by atoms with Gasteiger partial charge in [0.25, 0.3) is 0 Å². The SMILES string of the molecule is CC(=O)NC(CCCN=C(N)N)C(=O)NC1CCCNC(=O)CCC(C(N)=O)NC(=O)CNC(=O)CNC(=O)C(Cc2ccccc2)NC(=O)[C@H](CCC(N)=O)NC1=O.CCCN=C(N)N.CCc1c[nH]c2ccccc12. The minimum atomic E-state index is -1.48. The van der Waals surface area contributed by atoms with Gasteiger partial charge in [-0.1, -0.05) is 62.4 Å². The summed E-state index contributed by atoms with van der Waals surface area (Å²) < 4.78 is 0. The van der Waals surface area contributed by atoms with Crippen molar-refractivity contribution in [2.45, 2.75) is 122 Å². The molecule has 27 nitrogen and oxygen atoms in total. The number of benzene rings is 2. The molecule has 1 fully saturated rings. The molecular weight excluding hydrogens is 999 g/mol. The maximum absolute atomic E-state index is 13.9. The van der Waals surface area contributed by atoms with Crippen LogP contribution in [0.15, 0.2) is 70.8 Å². The van der Waals surface area contributed by atoms with Gasteiger partial charge in [-0.15, -0.1) is 0 Å². The Morgan fingerprint density at radius 3 is 1.99 bits per heavy atom. The Labute approximate surface area is 446 Å². The van der Waals surface area contributed by atoms with Crippen LogP contribution in [0.25, 0.3) is 10.9 Å². The fourth-order valence-electron chi connectivity index (χ4n) is 7.34. The lowest BCUT2D eigenvalue weighted by atomic mass is 10.0. The number of carbonyl (C=O) groups excluding carboxylic acids is 10. The van der Waals surface area contributed by atoms with Gasteiger partial charge in [-0.2, -0.15) is 0 Å². The number of aliphatic imine (C=N–C) groups is 2. The van der Waals surface area contributed by atoms with E-state index in [1.54, 1.807) is 30.3 Å². The minimum absolute atomic E-state index is 0.0341. The number of carbonyl (C=O) groups is 10. The maximum atomic E-state index is 13.9. The van der Waals surface area contributed by atoms with E-state index in [1.807, 2.05) is 6.92 Å². The molecule has 5 atom stereocenters. The molecular formula is C50H77N17O10. The molecule has 21 N–H and O–H groups in total. The molecule has 0 saturated carbocycles. The lowest BCUT2D eigenvalue weighted by Crippen LogP contribution is -2.58. The van der Waals surface area contributed by atoms with E-state index >= 15 is 0 Å². The number of rotatable bonds is 16. The third-order valence-electron chi connectivity index (χ3n) is 11.3. The number of aromatic nitrogens is 1. The number of hydrogen-bond donors (Lipinski definition) is 15. The van der Waals surface area contributed by atoms with Crippen molar-refractivity contribution in [1.29, 1.82) is 0 Å². The van der Waals surface area contributed by atoms with E-state index in [2.05, 4.69) is 94.9 Å². The van der Waals surface area contributed by atoms with Crippen molar-refractivity contribution in [2.75, 3.05) is 32.7 Å². The minimum Gasteiger partial charge on any atom is -0.370 e. The summed E-state index contributed by atoms with van der Waals surface area (Å²) in [7, 11) is 0. The quantitative estimate of drug-likeness (QED) is 0.0382. The van der Waals surface area contributed by atoms with Crippen LogP contribution in [0, 0.1) is 0 Å². The molecule has 1 aromatic heterocycles. The maximum Gasteiger partial charge on any atom is 0.243 e. The highest BCUT2D eigenvalue weighted by Crippen LogP contribution is 2.17. The first kappa shape index (κ1) is 64.3. The molecule has 0 radical (unpaired) electrons. The monoisotopic (exact) mass is 1080 g/mol. The van der Waals surface area contributed by atoms with Gasteiger partial charge in [0.1, 0.15) is 30.2 Å². The molecule has 2 aromatic carbocycles. The van der Waals surface area contributed by atoms with E-state index in [-0.39, 0.29) is 82.8 Å². The lowest BCUT2D eigenvalue weighted by molar-refractivity contribution is -0.135. The summed E-state index contributed by atoms with van der Waals surface area (Å²) in [6.07, 6.45) is 3.25. The number of guanidine groups is 2. The molecule has 0 aliphatic carbocycles. The normalized spacial score (nSPS) is 18.4. The number of H-pyrrole nitrogens is 1. The highest BCUT2D eigenvalue weighted by Gasteiger charge is 2.32. The van der Waals surface area contributed by atoms with Crippen molar-refractivity contribution < 1.29 is 47.9 Å². The van der Waals surface area contributed by atoms with E-state index in [4.69, 9.17) is 34.4 Å². The number of primary amides is 2. The molecule has 1 aliphatic heterocycles. The van der Waals surface area contributed by atoms with Crippen LogP contribution in [-0.4, -0.2) is 139 Å². The van der Waals surface area contributed by atoms with E-state index in [1.165, 1.54) is 23.4 Å². The highest BCUT2D eigenvalue weighted by atomic mass is 16.2. The van der Waals surface area contributed by atoms with Gasteiger partial charge in [0.2, 0.25) is 59.1 Å². The van der Waals surface area contributed by atoms with Crippen molar-refractivity contribution in [3.63, 3.8) is 0 Å². The molecule has 0 bridgehead atoms. The molecule has 1 aliphatic rings. The van der Waals surface area contributed by atoms with Gasteiger partial charge in [-0.05, 0) is 68.6 Å². The van der Waals surface area contributed by atoms with Crippen LogP contribution in [0.1, 0.15) is 89.7 Å². The molecule has 1 saturated heterocycles. The fraction of sp³-hybridized carbons (Fsp3) is 0.480. The van der Waals surface area contributed by atoms with Crippen LogP contribution in [0.3, 0.4) is 0 Å². The van der Waals surface area contributed by atoms with Crippen molar-refractivity contribution >= 4 is 81.9 Å². The molecule has 3 aromatic rings. The number of aryl methyl sites for hydroxylation is 1. The zero-order valence-corrected chi connectivity index (χ0v) is 43.9. The van der Waals surface area contributed by atoms with Gasteiger partial charge in [-0.3, -0.25) is 57.9 Å². The Bertz CT molecular complexity index is 2490. The molecule has 4 unspecified atom stereocenters. The topological polar surface area (TPSA) is 464 Å². The molecule has 0 spiro atoms. The molecule has 27 heteroatoms. The zero-order valence-electron chi connectivity index (χ0n) is 43.9. The van der Waals surface area contributed by atoms with Gasteiger partial charge in [0, 0.05) is 62.9 Å². The number of hydrogen-bond acceptors (Lipinski definition) is 12. The first-order valence-electron chi connectivity index (χ1n) is 25.2. The molecule has 10 amide bonds. The molecule has 2 heterocycles. The number of nitrogens with two attached hydrogens (primary N) is 6. The average molecular weight is 1080 g/mol. The Morgan fingerprint density at radius 1 is 0.714 bits per heavy atom. The van der Waals surface area contributed by atoms with Crippen LogP contribution >= 0.6 is 0 Å². The van der Waals surface area contributed by atoms with E-state index < -0.39 is 102 Å². The number of amides is 10. The molecule has 4 rings (SSSR count). The third kappa shape index (κ3) is 26.8. The second-order valence-corrected chi connectivity index (χ2v) is 17.6. The standard InChI is InChI=1S/C36H55N13O10.C10H11N.C4H11N3/c1-20(50)45-23(9-6-16-42-36(39)40)33(57)47-24-10-5-15-41-28(52)14-12-22(31(38)55)46-30(54)19-43-29(53)18-44-32(56)26(17-21-7-3-2-4-8-21)49-35(59)25(48-34(24)58)11-13-27(37)51;1-2-8-7-11-10-6-4-3-5-9(8)10;1-2-3-7-4(5)6/h2-4,7-8,22-26H,5-6,9-19H2,1H3,(H2,37,51)(H2,38,55)(H,41,52)(H,43,53)(H,44,56)(H,45,50)(H,46,54)(H,47,57)(H,48,58)(H,49,59)(H4,39,40,42);3-7,11H,2H2,1H3;2-3H2,1H3,(H4,5,6,7)/t22?,23?,24?,25-,26?;;/m0../s1. The zero-order chi connectivity index (χ0) is 57.3. The van der Waals surface area contributed by atoms with E-state index in [0.29, 0.717) is 5.56 Å². The lowest BCUT2D eigenvalue weighted by Gasteiger charge is -2.26. The number of fused-ring (bicyclic) bond motifs is 1. The van der Waals surface area contributed by atoms with Crippen molar-refractivity contribution in [3.8, 4) is 0 Å². The first-order valence-corrected chi connectivity index (χ1v) is 25.2.